The number of fused-ring (bicyclic) bond motifs is 1. The van der Waals surface area contributed by atoms with Gasteiger partial charge in [-0.05, 0) is 51.2 Å². The van der Waals surface area contributed by atoms with Crippen molar-refractivity contribution < 1.29 is 18.0 Å². The Morgan fingerprint density at radius 3 is 2.38 bits per heavy atom. The number of piperidine rings is 1. The molecule has 37 heavy (non-hydrogen) atoms. The van der Waals surface area contributed by atoms with Crippen LogP contribution in [0.5, 0.6) is 0 Å². The van der Waals surface area contributed by atoms with Crippen molar-refractivity contribution in [3.63, 3.8) is 0 Å². The molecule has 0 aromatic carbocycles. The number of rotatable bonds is 3. The van der Waals surface area contributed by atoms with Crippen LogP contribution in [-0.2, 0) is 6.18 Å². The van der Waals surface area contributed by atoms with E-state index in [0.29, 0.717) is 24.3 Å². The number of amides is 1. The lowest BCUT2D eigenvalue weighted by Crippen LogP contribution is -2.39. The molecule has 2 aliphatic heterocycles. The van der Waals surface area contributed by atoms with Gasteiger partial charge in [0.2, 0.25) is 0 Å². The SMILES string of the molecule is C#C.CC.Cc1cn2nc([C@@H]3CCCCN3C(=O)c3cccc(C(F)(F)F)n3)cc2nc1N1CCCC1. The number of carbonyl (C=O) groups is 1. The molecule has 10 heteroatoms. The standard InChI is InChI=1S/C23H25F3N6O.C2H6.C2H2/c1-15-14-32-20(28-21(15)30-10-4-5-11-30)13-17(29-32)18-8-2-3-12-31(18)22(33)16-7-6-9-19(27-16)23(24,25)26;2*1-2/h6-7,9,13-14,18H,2-5,8,10-12H2,1H3;1-2H3;1-2H/t18-;;/m0../s1. The topological polar surface area (TPSA) is 66.6 Å². The van der Waals surface area contributed by atoms with E-state index in [1.165, 1.54) is 12.1 Å². The Morgan fingerprint density at radius 1 is 1.03 bits per heavy atom. The van der Waals surface area contributed by atoms with E-state index in [2.05, 4.69) is 27.8 Å². The Hall–Kier alpha value is -3.61. The summed E-state index contributed by atoms with van der Waals surface area (Å²) in [5, 5.41) is 4.69. The zero-order chi connectivity index (χ0) is 27.2. The number of aryl methyl sites for hydroxylation is 1. The first kappa shape index (κ1) is 28.0. The first-order valence-electron chi connectivity index (χ1n) is 12.6. The van der Waals surface area contributed by atoms with E-state index in [9.17, 15) is 18.0 Å². The lowest BCUT2D eigenvalue weighted by Gasteiger charge is -2.34. The molecule has 7 nitrogen and oxygen atoms in total. The lowest BCUT2D eigenvalue weighted by molar-refractivity contribution is -0.141. The summed E-state index contributed by atoms with van der Waals surface area (Å²) in [7, 11) is 0. The highest BCUT2D eigenvalue weighted by Crippen LogP contribution is 2.33. The number of nitrogens with zero attached hydrogens (tertiary/aromatic N) is 6. The van der Waals surface area contributed by atoms with Crippen molar-refractivity contribution >= 4 is 17.4 Å². The highest BCUT2D eigenvalue weighted by atomic mass is 19.4. The third-order valence-electron chi connectivity index (χ3n) is 6.39. The third-order valence-corrected chi connectivity index (χ3v) is 6.39. The third kappa shape index (κ3) is 6.04. The van der Waals surface area contributed by atoms with Crippen LogP contribution in [-0.4, -0.2) is 50.0 Å². The monoisotopic (exact) mass is 514 g/mol. The Morgan fingerprint density at radius 2 is 1.70 bits per heavy atom. The van der Waals surface area contributed by atoms with Gasteiger partial charge >= 0.3 is 6.18 Å². The second-order valence-corrected chi connectivity index (χ2v) is 8.73. The van der Waals surface area contributed by atoms with Gasteiger partial charge in [-0.25, -0.2) is 14.5 Å². The molecule has 1 atom stereocenters. The first-order chi connectivity index (χ1) is 17.8. The number of likely N-dealkylation sites (tertiary alicyclic amines) is 1. The van der Waals surface area contributed by atoms with Gasteiger partial charge in [0.15, 0.2) is 5.65 Å². The van der Waals surface area contributed by atoms with Crippen LogP contribution >= 0.6 is 0 Å². The summed E-state index contributed by atoms with van der Waals surface area (Å²) in [5.41, 5.74) is 1.16. The van der Waals surface area contributed by atoms with Gasteiger partial charge in [-0.15, -0.1) is 12.8 Å². The molecular formula is C27H33F3N6O. The van der Waals surface area contributed by atoms with Crippen LogP contribution in [0.2, 0.25) is 0 Å². The van der Waals surface area contributed by atoms with Gasteiger partial charge in [-0.1, -0.05) is 19.9 Å². The fourth-order valence-electron chi connectivity index (χ4n) is 4.77. The van der Waals surface area contributed by atoms with Gasteiger partial charge in [0.1, 0.15) is 17.2 Å². The van der Waals surface area contributed by atoms with Gasteiger partial charge < -0.3 is 9.80 Å². The highest BCUT2D eigenvalue weighted by Gasteiger charge is 2.35. The van der Waals surface area contributed by atoms with Gasteiger partial charge in [0.05, 0.1) is 11.7 Å². The molecule has 1 amide bonds. The van der Waals surface area contributed by atoms with Crippen LogP contribution in [0.4, 0.5) is 19.0 Å². The van der Waals surface area contributed by atoms with Crippen LogP contribution < -0.4 is 4.90 Å². The fourth-order valence-corrected chi connectivity index (χ4v) is 4.77. The van der Waals surface area contributed by atoms with Crippen molar-refractivity contribution in [2.45, 2.75) is 65.1 Å². The van der Waals surface area contributed by atoms with Crippen LogP contribution in [0.1, 0.15) is 79.4 Å². The minimum Gasteiger partial charge on any atom is -0.356 e. The van der Waals surface area contributed by atoms with E-state index >= 15 is 0 Å². The van der Waals surface area contributed by atoms with Crippen LogP contribution in [0, 0.1) is 19.8 Å². The van der Waals surface area contributed by atoms with E-state index < -0.39 is 17.8 Å². The summed E-state index contributed by atoms with van der Waals surface area (Å²) in [6, 6.07) is 4.98. The van der Waals surface area contributed by atoms with Gasteiger partial charge in [0.25, 0.3) is 5.91 Å². The highest BCUT2D eigenvalue weighted by molar-refractivity contribution is 5.92. The normalized spacial score (nSPS) is 17.6. The molecule has 2 fully saturated rings. The number of halogens is 3. The maximum atomic E-state index is 13.2. The van der Waals surface area contributed by atoms with E-state index in [1.807, 2.05) is 33.0 Å². The first-order valence-corrected chi connectivity index (χ1v) is 12.6. The molecule has 0 bridgehead atoms. The predicted molar refractivity (Wildman–Crippen MR) is 137 cm³/mol. The minimum atomic E-state index is -4.60. The largest absolute Gasteiger partial charge is 0.433 e. The van der Waals surface area contributed by atoms with E-state index in [4.69, 9.17) is 4.98 Å². The van der Waals surface area contributed by atoms with Gasteiger partial charge in [-0.2, -0.15) is 18.3 Å². The molecule has 3 aromatic rings. The predicted octanol–water partition coefficient (Wildman–Crippen LogP) is 5.69. The van der Waals surface area contributed by atoms with Crippen LogP contribution in [0.3, 0.4) is 0 Å². The number of alkyl halides is 3. The molecule has 0 spiro atoms. The molecule has 0 aliphatic carbocycles. The summed E-state index contributed by atoms with van der Waals surface area (Å²) < 4.78 is 41.0. The van der Waals surface area contributed by atoms with Gasteiger partial charge in [-0.3, -0.25) is 4.79 Å². The Kier molecular flexibility index (Phi) is 9.14. The molecule has 0 saturated carbocycles. The Balaban J connectivity index is 0.000000907. The zero-order valence-corrected chi connectivity index (χ0v) is 21.5. The smallest absolute Gasteiger partial charge is 0.356 e. The second kappa shape index (κ2) is 12.1. The van der Waals surface area contributed by atoms with Crippen LogP contribution in [0.25, 0.3) is 5.65 Å². The maximum absolute atomic E-state index is 13.2. The lowest BCUT2D eigenvalue weighted by atomic mass is 9.99. The maximum Gasteiger partial charge on any atom is 0.433 e. The molecular weight excluding hydrogens is 481 g/mol. The number of anilines is 1. The van der Waals surface area contributed by atoms with Crippen molar-refractivity contribution in [2.24, 2.45) is 0 Å². The van der Waals surface area contributed by atoms with Crippen molar-refractivity contribution in [3.05, 3.63) is 53.1 Å². The van der Waals surface area contributed by atoms with Gasteiger partial charge in [0, 0.05) is 37.5 Å². The van der Waals surface area contributed by atoms with Crippen molar-refractivity contribution in [2.75, 3.05) is 24.5 Å². The summed E-state index contributed by atoms with van der Waals surface area (Å²) in [6.45, 7) is 8.43. The summed E-state index contributed by atoms with van der Waals surface area (Å²) in [5.74, 6) is 0.445. The van der Waals surface area contributed by atoms with E-state index in [-0.39, 0.29) is 11.7 Å². The molecule has 198 valence electrons. The molecule has 0 radical (unpaired) electrons. The van der Waals surface area contributed by atoms with Crippen molar-refractivity contribution in [3.8, 4) is 12.8 Å². The second-order valence-electron chi connectivity index (χ2n) is 8.73. The molecule has 2 aliphatic rings. The number of hydrogen-bond donors (Lipinski definition) is 0. The van der Waals surface area contributed by atoms with E-state index in [1.54, 1.807) is 9.42 Å². The number of pyridine rings is 1. The van der Waals surface area contributed by atoms with Crippen LogP contribution in [0.15, 0.2) is 30.5 Å². The number of aromatic nitrogens is 4. The number of hydrogen-bond acceptors (Lipinski definition) is 5. The zero-order valence-electron chi connectivity index (χ0n) is 21.5. The molecule has 3 aromatic heterocycles. The van der Waals surface area contributed by atoms with Crippen molar-refractivity contribution in [1.29, 1.82) is 0 Å². The average Bonchev–Trinajstić information content (AvgIpc) is 3.60. The Bertz CT molecular complexity index is 1230. The summed E-state index contributed by atoms with van der Waals surface area (Å²) >= 11 is 0. The molecule has 2 saturated heterocycles. The molecule has 5 heterocycles. The Labute approximate surface area is 215 Å². The molecule has 0 N–H and O–H groups in total. The van der Waals surface area contributed by atoms with E-state index in [0.717, 1.165) is 56.2 Å². The quantitative estimate of drug-likeness (QED) is 0.420. The molecule has 0 unspecified atom stereocenters. The summed E-state index contributed by atoms with van der Waals surface area (Å²) in [6.07, 6.45) is 10.0. The average molecular weight is 515 g/mol. The minimum absolute atomic E-state index is 0.203. The number of carbonyl (C=O) groups excluding carboxylic acids is 1. The molecule has 5 rings (SSSR count). The van der Waals surface area contributed by atoms with Crippen molar-refractivity contribution in [1.82, 2.24) is 24.5 Å². The number of terminal acetylenes is 1. The fraction of sp³-hybridized carbons (Fsp3) is 0.481. The summed E-state index contributed by atoms with van der Waals surface area (Å²) in [4.78, 5) is 25.5.